The van der Waals surface area contributed by atoms with Crippen LogP contribution in [0.1, 0.15) is 19.0 Å². The van der Waals surface area contributed by atoms with Gasteiger partial charge in [0.1, 0.15) is 5.78 Å². The Morgan fingerprint density at radius 2 is 2.45 bits per heavy atom. The van der Waals surface area contributed by atoms with E-state index < -0.39 is 0 Å². The number of hydrogen-bond acceptors (Lipinski definition) is 3. The highest BCUT2D eigenvalue weighted by atomic mass is 16.1. The first-order chi connectivity index (χ1) is 5.18. The van der Waals surface area contributed by atoms with Crippen molar-refractivity contribution in [1.82, 2.24) is 15.0 Å². The fourth-order valence-corrected chi connectivity index (χ4v) is 0.749. The third-order valence-electron chi connectivity index (χ3n) is 1.31. The molecule has 60 valence electrons. The molecule has 0 aliphatic carbocycles. The van der Waals surface area contributed by atoms with Crippen LogP contribution in [0.15, 0.2) is 6.20 Å². The molecule has 0 spiro atoms. The van der Waals surface area contributed by atoms with Gasteiger partial charge in [-0.05, 0) is 13.8 Å². The van der Waals surface area contributed by atoms with Crippen molar-refractivity contribution < 1.29 is 4.79 Å². The molecule has 0 saturated carbocycles. The summed E-state index contributed by atoms with van der Waals surface area (Å²) in [5.41, 5.74) is 0.883. The molecule has 0 aliphatic heterocycles. The summed E-state index contributed by atoms with van der Waals surface area (Å²) in [5, 5.41) is 7.98. The predicted molar refractivity (Wildman–Crippen MR) is 40.1 cm³/mol. The highest BCUT2D eigenvalue weighted by Gasteiger charge is 1.97. The Kier molecular flexibility index (Phi) is 2.36. The standard InChI is InChI=1S/C7H11N3O/c1-6-5-8-10(9-6)4-3-7(2)11/h5H,3-4H2,1-2H3. The summed E-state index contributed by atoms with van der Waals surface area (Å²) >= 11 is 0. The van der Waals surface area contributed by atoms with E-state index in [9.17, 15) is 4.79 Å². The number of aromatic nitrogens is 3. The number of aryl methyl sites for hydroxylation is 2. The zero-order valence-corrected chi connectivity index (χ0v) is 6.74. The van der Waals surface area contributed by atoms with Crippen molar-refractivity contribution in [2.45, 2.75) is 26.8 Å². The fourth-order valence-electron chi connectivity index (χ4n) is 0.749. The zero-order chi connectivity index (χ0) is 8.27. The maximum atomic E-state index is 10.6. The van der Waals surface area contributed by atoms with Crippen LogP contribution < -0.4 is 0 Å². The van der Waals surface area contributed by atoms with E-state index in [0.29, 0.717) is 13.0 Å². The molecule has 0 unspecified atom stereocenters. The Morgan fingerprint density at radius 1 is 1.73 bits per heavy atom. The summed E-state index contributed by atoms with van der Waals surface area (Å²) in [5.74, 6) is 0.167. The number of nitrogens with zero attached hydrogens (tertiary/aromatic N) is 3. The highest BCUT2D eigenvalue weighted by molar-refractivity contribution is 5.75. The van der Waals surface area contributed by atoms with Crippen LogP contribution in [0.25, 0.3) is 0 Å². The van der Waals surface area contributed by atoms with E-state index in [1.807, 2.05) is 6.92 Å². The van der Waals surface area contributed by atoms with Gasteiger partial charge in [0.25, 0.3) is 0 Å². The number of Topliss-reactive ketones (excluding diaryl/α,β-unsaturated/α-hetero) is 1. The second kappa shape index (κ2) is 3.27. The maximum Gasteiger partial charge on any atom is 0.131 e. The number of ketones is 1. The van der Waals surface area contributed by atoms with E-state index in [1.54, 1.807) is 13.1 Å². The largest absolute Gasteiger partial charge is 0.300 e. The van der Waals surface area contributed by atoms with Crippen LogP contribution in [0.4, 0.5) is 0 Å². The molecule has 0 bridgehead atoms. The minimum atomic E-state index is 0.167. The van der Waals surface area contributed by atoms with Crippen molar-refractivity contribution in [3.8, 4) is 0 Å². The van der Waals surface area contributed by atoms with E-state index in [-0.39, 0.29) is 5.78 Å². The van der Waals surface area contributed by atoms with Crippen LogP contribution in [-0.4, -0.2) is 20.8 Å². The Morgan fingerprint density at radius 3 is 2.91 bits per heavy atom. The van der Waals surface area contributed by atoms with Crippen LogP contribution in [-0.2, 0) is 11.3 Å². The topological polar surface area (TPSA) is 47.8 Å². The molecule has 0 N–H and O–H groups in total. The number of carbonyl (C=O) groups excluding carboxylic acids is 1. The van der Waals surface area contributed by atoms with Gasteiger partial charge in [0, 0.05) is 6.42 Å². The monoisotopic (exact) mass is 153 g/mol. The SMILES string of the molecule is CC(=O)CCn1ncc(C)n1. The number of rotatable bonds is 3. The number of hydrogen-bond donors (Lipinski definition) is 0. The lowest BCUT2D eigenvalue weighted by Crippen LogP contribution is -2.05. The average molecular weight is 153 g/mol. The van der Waals surface area contributed by atoms with Gasteiger partial charge in [-0.2, -0.15) is 15.0 Å². The van der Waals surface area contributed by atoms with E-state index in [2.05, 4.69) is 10.2 Å². The van der Waals surface area contributed by atoms with Gasteiger partial charge in [0.05, 0.1) is 18.4 Å². The van der Waals surface area contributed by atoms with Gasteiger partial charge < -0.3 is 0 Å². The van der Waals surface area contributed by atoms with Crippen LogP contribution in [0.2, 0.25) is 0 Å². The Bertz CT molecular complexity index is 254. The van der Waals surface area contributed by atoms with Gasteiger partial charge in [-0.15, -0.1) is 0 Å². The van der Waals surface area contributed by atoms with Crippen LogP contribution in [0.5, 0.6) is 0 Å². The normalized spacial score (nSPS) is 10.0. The summed E-state index contributed by atoms with van der Waals surface area (Å²) < 4.78 is 0. The van der Waals surface area contributed by atoms with Crippen molar-refractivity contribution in [3.05, 3.63) is 11.9 Å². The molecular weight excluding hydrogens is 142 g/mol. The molecule has 1 heterocycles. The van der Waals surface area contributed by atoms with Crippen molar-refractivity contribution in [1.29, 1.82) is 0 Å². The van der Waals surface area contributed by atoms with Gasteiger partial charge in [-0.25, -0.2) is 0 Å². The lowest BCUT2D eigenvalue weighted by atomic mass is 10.3. The molecule has 0 radical (unpaired) electrons. The molecule has 4 nitrogen and oxygen atoms in total. The minimum absolute atomic E-state index is 0.167. The first-order valence-electron chi connectivity index (χ1n) is 3.54. The summed E-state index contributed by atoms with van der Waals surface area (Å²) in [6.07, 6.45) is 2.19. The molecule has 1 rings (SSSR count). The molecule has 0 amide bonds. The van der Waals surface area contributed by atoms with Gasteiger partial charge in [0.2, 0.25) is 0 Å². The first kappa shape index (κ1) is 7.91. The smallest absolute Gasteiger partial charge is 0.131 e. The van der Waals surface area contributed by atoms with E-state index in [4.69, 9.17) is 0 Å². The fraction of sp³-hybridized carbons (Fsp3) is 0.571. The second-order valence-corrected chi connectivity index (χ2v) is 2.53. The third-order valence-corrected chi connectivity index (χ3v) is 1.31. The van der Waals surface area contributed by atoms with Crippen LogP contribution in [0.3, 0.4) is 0 Å². The minimum Gasteiger partial charge on any atom is -0.300 e. The highest BCUT2D eigenvalue weighted by Crippen LogP contribution is 1.90. The molecule has 0 fully saturated rings. The molecule has 1 aromatic heterocycles. The Balaban J connectivity index is 2.45. The zero-order valence-electron chi connectivity index (χ0n) is 6.74. The molecule has 0 aromatic carbocycles. The maximum absolute atomic E-state index is 10.6. The molecule has 0 saturated heterocycles. The molecule has 4 heteroatoms. The van der Waals surface area contributed by atoms with Crippen molar-refractivity contribution in [2.24, 2.45) is 0 Å². The lowest BCUT2D eigenvalue weighted by molar-refractivity contribution is -0.117. The lowest BCUT2D eigenvalue weighted by Gasteiger charge is -1.94. The molecular formula is C7H11N3O. The predicted octanol–water partition coefficient (Wildman–Crippen LogP) is 0.566. The van der Waals surface area contributed by atoms with Gasteiger partial charge >= 0.3 is 0 Å². The molecule has 1 aromatic rings. The summed E-state index contributed by atoms with van der Waals surface area (Å²) in [4.78, 5) is 12.1. The van der Waals surface area contributed by atoms with Gasteiger partial charge in [-0.1, -0.05) is 0 Å². The Hall–Kier alpha value is -1.19. The van der Waals surface area contributed by atoms with E-state index >= 15 is 0 Å². The van der Waals surface area contributed by atoms with Crippen molar-refractivity contribution in [2.75, 3.05) is 0 Å². The summed E-state index contributed by atoms with van der Waals surface area (Å²) in [6, 6.07) is 0. The average Bonchev–Trinajstić information content (AvgIpc) is 2.31. The van der Waals surface area contributed by atoms with E-state index in [0.717, 1.165) is 5.69 Å². The number of carbonyl (C=O) groups is 1. The van der Waals surface area contributed by atoms with Crippen molar-refractivity contribution in [3.63, 3.8) is 0 Å². The van der Waals surface area contributed by atoms with Gasteiger partial charge in [0.15, 0.2) is 0 Å². The third kappa shape index (κ3) is 2.49. The first-order valence-corrected chi connectivity index (χ1v) is 3.54. The van der Waals surface area contributed by atoms with E-state index in [1.165, 1.54) is 4.80 Å². The van der Waals surface area contributed by atoms with Crippen LogP contribution >= 0.6 is 0 Å². The van der Waals surface area contributed by atoms with Gasteiger partial charge in [-0.3, -0.25) is 4.79 Å². The molecule has 11 heavy (non-hydrogen) atoms. The quantitative estimate of drug-likeness (QED) is 0.637. The Labute approximate surface area is 65.2 Å². The second-order valence-electron chi connectivity index (χ2n) is 2.53. The van der Waals surface area contributed by atoms with Crippen LogP contribution in [0, 0.1) is 6.92 Å². The summed E-state index contributed by atoms with van der Waals surface area (Å²) in [6.45, 7) is 4.02. The molecule has 0 atom stereocenters. The summed E-state index contributed by atoms with van der Waals surface area (Å²) in [7, 11) is 0. The van der Waals surface area contributed by atoms with Crippen molar-refractivity contribution >= 4 is 5.78 Å². The molecule has 0 aliphatic rings.